The maximum absolute atomic E-state index is 13.2. The number of ether oxygens (including phenoxy) is 1. The predicted octanol–water partition coefficient (Wildman–Crippen LogP) is 2.50. The summed E-state index contributed by atoms with van der Waals surface area (Å²) in [6.45, 7) is 1.50. The topological polar surface area (TPSA) is 101 Å². The molecule has 2 N–H and O–H groups in total. The van der Waals surface area contributed by atoms with E-state index in [0.29, 0.717) is 29.7 Å². The SMILES string of the molecule is COC1=CC=CC2C(=O)c3c(O)c4c(c(O)c3C(=O)C12)CCC(C(C)=O)C4. The Morgan fingerprint density at radius 3 is 2.44 bits per heavy atom. The van der Waals surface area contributed by atoms with Crippen molar-refractivity contribution in [2.24, 2.45) is 17.8 Å². The Bertz CT molecular complexity index is 952. The van der Waals surface area contributed by atoms with Crippen molar-refractivity contribution in [2.45, 2.75) is 26.2 Å². The van der Waals surface area contributed by atoms with Gasteiger partial charge in [-0.15, -0.1) is 0 Å². The van der Waals surface area contributed by atoms with Gasteiger partial charge in [0.25, 0.3) is 0 Å². The second-order valence-electron chi connectivity index (χ2n) is 7.34. The van der Waals surface area contributed by atoms with Gasteiger partial charge < -0.3 is 14.9 Å². The summed E-state index contributed by atoms with van der Waals surface area (Å²) in [7, 11) is 1.43. The molecule has 3 aliphatic carbocycles. The van der Waals surface area contributed by atoms with Gasteiger partial charge in [-0.05, 0) is 32.3 Å². The fraction of sp³-hybridized carbons (Fsp3) is 0.381. The van der Waals surface area contributed by atoms with Gasteiger partial charge in [0.15, 0.2) is 11.6 Å². The van der Waals surface area contributed by atoms with Crippen LogP contribution in [0.4, 0.5) is 0 Å². The van der Waals surface area contributed by atoms with Crippen LogP contribution < -0.4 is 0 Å². The fourth-order valence-electron chi connectivity index (χ4n) is 4.52. The number of benzene rings is 1. The van der Waals surface area contributed by atoms with E-state index in [1.807, 2.05) is 0 Å². The van der Waals surface area contributed by atoms with Crippen molar-refractivity contribution in [3.05, 3.63) is 46.2 Å². The fourth-order valence-corrected chi connectivity index (χ4v) is 4.52. The highest BCUT2D eigenvalue weighted by molar-refractivity contribution is 6.20. The molecule has 0 aliphatic heterocycles. The number of phenols is 2. The molecule has 0 radical (unpaired) electrons. The number of carbonyl (C=O) groups excluding carboxylic acids is 3. The number of methoxy groups -OCH3 is 1. The van der Waals surface area contributed by atoms with E-state index in [9.17, 15) is 24.6 Å². The van der Waals surface area contributed by atoms with Crippen LogP contribution in [0.3, 0.4) is 0 Å². The molecule has 0 amide bonds. The van der Waals surface area contributed by atoms with Crippen molar-refractivity contribution in [3.8, 4) is 11.5 Å². The normalized spacial score (nSPS) is 26.0. The standard InChI is InChI=1S/C21H20O6/c1-9(22)10-6-7-11-13(8-10)20(25)16-17(18(11)23)21(26)15-12(19(16)24)4-3-5-14(15)27-2/h3-5,10,12,15,23,25H,6-8H2,1-2H3. The van der Waals surface area contributed by atoms with Gasteiger partial charge in [-0.3, -0.25) is 14.4 Å². The lowest BCUT2D eigenvalue weighted by molar-refractivity contribution is -0.121. The van der Waals surface area contributed by atoms with Gasteiger partial charge in [-0.2, -0.15) is 0 Å². The second kappa shape index (κ2) is 6.08. The zero-order chi connectivity index (χ0) is 19.5. The number of allylic oxidation sites excluding steroid dienone is 4. The van der Waals surface area contributed by atoms with Crippen molar-refractivity contribution in [1.29, 1.82) is 0 Å². The lowest BCUT2D eigenvalue weighted by Crippen LogP contribution is -2.39. The van der Waals surface area contributed by atoms with Crippen molar-refractivity contribution >= 4 is 17.3 Å². The summed E-state index contributed by atoms with van der Waals surface area (Å²) in [5.41, 5.74) is 0.595. The number of Topliss-reactive ketones (excluding diaryl/α,β-unsaturated/α-hetero) is 3. The van der Waals surface area contributed by atoms with Crippen LogP contribution in [0.25, 0.3) is 0 Å². The number of aromatic hydroxyl groups is 2. The van der Waals surface area contributed by atoms with Crippen LogP contribution in [-0.4, -0.2) is 34.7 Å². The average Bonchev–Trinajstić information content (AvgIpc) is 2.67. The van der Waals surface area contributed by atoms with Gasteiger partial charge in [0.2, 0.25) is 0 Å². The molecule has 3 unspecified atom stereocenters. The zero-order valence-electron chi connectivity index (χ0n) is 15.1. The molecule has 3 aliphatic rings. The molecule has 0 saturated heterocycles. The largest absolute Gasteiger partial charge is 0.507 e. The van der Waals surface area contributed by atoms with Gasteiger partial charge in [-0.25, -0.2) is 0 Å². The minimum absolute atomic E-state index is 0.00446. The van der Waals surface area contributed by atoms with E-state index < -0.39 is 23.4 Å². The Labute approximate surface area is 156 Å². The summed E-state index contributed by atoms with van der Waals surface area (Å²) in [5, 5.41) is 21.7. The van der Waals surface area contributed by atoms with Crippen LogP contribution in [-0.2, 0) is 22.4 Å². The first-order valence-corrected chi connectivity index (χ1v) is 8.97. The molecular weight excluding hydrogens is 348 g/mol. The molecule has 6 nitrogen and oxygen atoms in total. The van der Waals surface area contributed by atoms with Gasteiger partial charge in [0.05, 0.1) is 30.1 Å². The van der Waals surface area contributed by atoms with Crippen molar-refractivity contribution in [1.82, 2.24) is 0 Å². The lowest BCUT2D eigenvalue weighted by atomic mass is 9.68. The molecular formula is C21H20O6. The third-order valence-electron chi connectivity index (χ3n) is 5.99. The summed E-state index contributed by atoms with van der Waals surface area (Å²) in [4.78, 5) is 38.0. The first-order chi connectivity index (χ1) is 12.9. The van der Waals surface area contributed by atoms with Crippen molar-refractivity contribution < 1.29 is 29.3 Å². The molecule has 3 atom stereocenters. The summed E-state index contributed by atoms with van der Waals surface area (Å²) in [6.07, 6.45) is 6.06. The third-order valence-corrected chi connectivity index (χ3v) is 5.99. The molecule has 0 spiro atoms. The highest BCUT2D eigenvalue weighted by Crippen LogP contribution is 2.49. The number of phenolic OH excluding ortho intramolecular Hbond substituents is 2. The maximum Gasteiger partial charge on any atom is 0.179 e. The number of ketones is 3. The molecule has 6 heteroatoms. The first-order valence-electron chi connectivity index (χ1n) is 8.97. The molecule has 0 bridgehead atoms. The second-order valence-corrected chi connectivity index (χ2v) is 7.34. The van der Waals surface area contributed by atoms with E-state index in [-0.39, 0.29) is 40.7 Å². The Morgan fingerprint density at radius 2 is 1.78 bits per heavy atom. The summed E-state index contributed by atoms with van der Waals surface area (Å²) in [6, 6.07) is 0. The van der Waals surface area contributed by atoms with Crippen LogP contribution >= 0.6 is 0 Å². The quantitative estimate of drug-likeness (QED) is 0.778. The van der Waals surface area contributed by atoms with Crippen LogP contribution in [0.5, 0.6) is 11.5 Å². The summed E-state index contributed by atoms with van der Waals surface area (Å²) in [5.74, 6) is -2.89. The van der Waals surface area contributed by atoms with Crippen LogP contribution in [0.2, 0.25) is 0 Å². The first kappa shape index (κ1) is 17.5. The van der Waals surface area contributed by atoms with E-state index >= 15 is 0 Å². The van der Waals surface area contributed by atoms with E-state index in [1.54, 1.807) is 18.2 Å². The van der Waals surface area contributed by atoms with E-state index in [1.165, 1.54) is 14.0 Å². The predicted molar refractivity (Wildman–Crippen MR) is 95.8 cm³/mol. The van der Waals surface area contributed by atoms with Crippen molar-refractivity contribution in [3.63, 3.8) is 0 Å². The van der Waals surface area contributed by atoms with Gasteiger partial charge >= 0.3 is 0 Å². The van der Waals surface area contributed by atoms with E-state index in [2.05, 4.69) is 0 Å². The molecule has 4 rings (SSSR count). The molecule has 0 heterocycles. The van der Waals surface area contributed by atoms with Crippen LogP contribution in [0.15, 0.2) is 24.0 Å². The van der Waals surface area contributed by atoms with Crippen molar-refractivity contribution in [2.75, 3.05) is 7.11 Å². The molecule has 27 heavy (non-hydrogen) atoms. The van der Waals surface area contributed by atoms with Gasteiger partial charge in [0.1, 0.15) is 23.0 Å². The molecule has 1 aromatic rings. The maximum atomic E-state index is 13.2. The average molecular weight is 368 g/mol. The Morgan fingerprint density at radius 1 is 1.11 bits per heavy atom. The minimum Gasteiger partial charge on any atom is -0.507 e. The summed E-state index contributed by atoms with van der Waals surface area (Å²) >= 11 is 0. The molecule has 0 aromatic heterocycles. The molecule has 140 valence electrons. The summed E-state index contributed by atoms with van der Waals surface area (Å²) < 4.78 is 5.27. The molecule has 0 saturated carbocycles. The van der Waals surface area contributed by atoms with Crippen LogP contribution in [0, 0.1) is 17.8 Å². The molecule has 0 fully saturated rings. The van der Waals surface area contributed by atoms with E-state index in [4.69, 9.17) is 4.74 Å². The van der Waals surface area contributed by atoms with Gasteiger partial charge in [-0.1, -0.05) is 12.2 Å². The van der Waals surface area contributed by atoms with Crippen LogP contribution in [0.1, 0.15) is 45.2 Å². The Kier molecular flexibility index (Phi) is 3.94. The van der Waals surface area contributed by atoms with E-state index in [0.717, 1.165) is 0 Å². The Balaban J connectivity index is 1.93. The number of hydrogen-bond donors (Lipinski definition) is 2. The number of carbonyl (C=O) groups is 3. The number of fused-ring (bicyclic) bond motifs is 3. The number of hydrogen-bond acceptors (Lipinski definition) is 6. The Hall–Kier alpha value is -2.89. The number of rotatable bonds is 2. The lowest BCUT2D eigenvalue weighted by Gasteiger charge is -2.34. The monoisotopic (exact) mass is 368 g/mol. The van der Waals surface area contributed by atoms with Gasteiger partial charge in [0, 0.05) is 17.0 Å². The highest BCUT2D eigenvalue weighted by atomic mass is 16.5. The minimum atomic E-state index is -0.836. The zero-order valence-corrected chi connectivity index (χ0v) is 15.1. The molecule has 1 aromatic carbocycles. The smallest absolute Gasteiger partial charge is 0.179 e. The third kappa shape index (κ3) is 2.36. The highest BCUT2D eigenvalue weighted by Gasteiger charge is 2.48.